The molecule has 0 saturated heterocycles. The summed E-state index contributed by atoms with van der Waals surface area (Å²) in [5.74, 6) is -0.964. The second kappa shape index (κ2) is 3.16. The van der Waals surface area contributed by atoms with E-state index in [2.05, 4.69) is 6.07 Å². The Morgan fingerprint density at radius 2 is 2.36 bits per heavy atom. The zero-order valence-corrected chi connectivity index (χ0v) is 5.87. The molecule has 0 fully saturated rings. The Balaban J connectivity index is 2.91. The quantitative estimate of drug-likeness (QED) is 0.650. The standard InChI is InChI=1S/C8H8NO2/c9-5-6-1-3-7(4-2-6)8(10)11/h1-3H,5,9H2,(H,10,11). The van der Waals surface area contributed by atoms with E-state index in [-0.39, 0.29) is 5.56 Å². The Bertz CT molecular complexity index is 253. The number of carboxylic acid groups (broad SMARTS) is 1. The van der Waals surface area contributed by atoms with Crippen LogP contribution in [0.5, 0.6) is 0 Å². The van der Waals surface area contributed by atoms with E-state index in [0.717, 1.165) is 5.56 Å². The Kier molecular flexibility index (Phi) is 2.23. The highest BCUT2D eigenvalue weighted by molar-refractivity contribution is 5.87. The van der Waals surface area contributed by atoms with Gasteiger partial charge in [0.15, 0.2) is 0 Å². The highest BCUT2D eigenvalue weighted by Crippen LogP contribution is 2.01. The zero-order valence-electron chi connectivity index (χ0n) is 5.87. The summed E-state index contributed by atoms with van der Waals surface area (Å²) in [4.78, 5) is 10.3. The lowest BCUT2D eigenvalue weighted by Gasteiger charge is -1.95. The van der Waals surface area contributed by atoms with E-state index < -0.39 is 5.97 Å². The maximum absolute atomic E-state index is 10.3. The molecule has 3 N–H and O–H groups in total. The van der Waals surface area contributed by atoms with Crippen molar-refractivity contribution in [2.75, 3.05) is 0 Å². The van der Waals surface area contributed by atoms with Crippen molar-refractivity contribution < 1.29 is 9.90 Å². The van der Waals surface area contributed by atoms with Crippen LogP contribution in [0.25, 0.3) is 0 Å². The van der Waals surface area contributed by atoms with Gasteiger partial charge in [-0.2, -0.15) is 0 Å². The molecule has 0 aliphatic rings. The van der Waals surface area contributed by atoms with Crippen molar-refractivity contribution >= 4 is 5.97 Å². The third-order valence-electron chi connectivity index (χ3n) is 1.34. The number of hydrogen-bond donors (Lipinski definition) is 2. The van der Waals surface area contributed by atoms with E-state index in [4.69, 9.17) is 10.8 Å². The Labute approximate surface area is 64.5 Å². The first-order chi connectivity index (χ1) is 5.24. The summed E-state index contributed by atoms with van der Waals surface area (Å²) >= 11 is 0. The van der Waals surface area contributed by atoms with E-state index in [0.29, 0.717) is 6.54 Å². The van der Waals surface area contributed by atoms with Gasteiger partial charge in [-0.05, 0) is 23.8 Å². The molecule has 1 radical (unpaired) electrons. The van der Waals surface area contributed by atoms with E-state index in [1.807, 2.05) is 0 Å². The van der Waals surface area contributed by atoms with Crippen LogP contribution in [0.2, 0.25) is 0 Å². The Hall–Kier alpha value is -1.35. The first kappa shape index (κ1) is 7.75. The van der Waals surface area contributed by atoms with Crippen molar-refractivity contribution in [3.05, 3.63) is 35.4 Å². The molecule has 0 aromatic heterocycles. The van der Waals surface area contributed by atoms with Crippen LogP contribution in [0.4, 0.5) is 0 Å². The molecule has 0 unspecified atom stereocenters. The summed E-state index contributed by atoms with van der Waals surface area (Å²) in [6, 6.07) is 7.37. The molecular weight excluding hydrogens is 142 g/mol. The maximum atomic E-state index is 10.3. The molecule has 0 bridgehead atoms. The summed E-state index contributed by atoms with van der Waals surface area (Å²) in [7, 11) is 0. The average Bonchev–Trinajstić information content (AvgIpc) is 2.05. The van der Waals surface area contributed by atoms with Crippen molar-refractivity contribution in [3.8, 4) is 0 Å². The van der Waals surface area contributed by atoms with Crippen LogP contribution in [0, 0.1) is 6.07 Å². The number of hydrogen-bond acceptors (Lipinski definition) is 2. The third kappa shape index (κ3) is 1.78. The number of benzene rings is 1. The molecule has 0 aliphatic carbocycles. The molecular formula is C8H8NO2. The molecule has 1 aromatic carbocycles. The van der Waals surface area contributed by atoms with Gasteiger partial charge in [0.1, 0.15) is 0 Å². The van der Waals surface area contributed by atoms with Gasteiger partial charge in [-0.15, -0.1) is 0 Å². The lowest BCUT2D eigenvalue weighted by molar-refractivity contribution is 0.0696. The second-order valence-corrected chi connectivity index (χ2v) is 2.12. The van der Waals surface area contributed by atoms with Crippen molar-refractivity contribution in [2.24, 2.45) is 5.73 Å². The topological polar surface area (TPSA) is 63.3 Å². The second-order valence-electron chi connectivity index (χ2n) is 2.12. The van der Waals surface area contributed by atoms with Gasteiger partial charge in [-0.3, -0.25) is 0 Å². The van der Waals surface area contributed by atoms with Crippen LogP contribution < -0.4 is 5.73 Å². The van der Waals surface area contributed by atoms with Crippen LogP contribution in [-0.2, 0) is 6.54 Å². The molecule has 1 rings (SSSR count). The fourth-order valence-electron chi connectivity index (χ4n) is 0.717. The molecule has 0 aliphatic heterocycles. The Morgan fingerprint density at radius 3 is 2.73 bits per heavy atom. The van der Waals surface area contributed by atoms with E-state index in [1.54, 1.807) is 12.1 Å². The summed E-state index contributed by atoms with van der Waals surface area (Å²) in [6.07, 6.45) is 0. The van der Waals surface area contributed by atoms with Gasteiger partial charge in [0.25, 0.3) is 0 Å². The van der Waals surface area contributed by atoms with Crippen molar-refractivity contribution in [1.82, 2.24) is 0 Å². The van der Waals surface area contributed by atoms with Gasteiger partial charge in [-0.25, -0.2) is 4.79 Å². The number of rotatable bonds is 2. The number of carbonyl (C=O) groups is 1. The first-order valence-corrected chi connectivity index (χ1v) is 3.18. The van der Waals surface area contributed by atoms with Crippen LogP contribution in [0.15, 0.2) is 18.2 Å². The van der Waals surface area contributed by atoms with Crippen LogP contribution in [-0.4, -0.2) is 11.1 Å². The van der Waals surface area contributed by atoms with Gasteiger partial charge < -0.3 is 10.8 Å². The van der Waals surface area contributed by atoms with Crippen LogP contribution in [0.3, 0.4) is 0 Å². The first-order valence-electron chi connectivity index (χ1n) is 3.18. The molecule has 0 saturated carbocycles. The highest BCUT2D eigenvalue weighted by Gasteiger charge is 2.00. The summed E-state index contributed by atoms with van der Waals surface area (Å²) in [6.45, 7) is 0.413. The Morgan fingerprint density at radius 1 is 1.64 bits per heavy atom. The van der Waals surface area contributed by atoms with Gasteiger partial charge in [-0.1, -0.05) is 6.07 Å². The van der Waals surface area contributed by atoms with Crippen molar-refractivity contribution in [2.45, 2.75) is 6.54 Å². The smallest absolute Gasteiger partial charge is 0.336 e. The molecule has 0 amide bonds. The fourth-order valence-corrected chi connectivity index (χ4v) is 0.717. The largest absolute Gasteiger partial charge is 0.478 e. The molecule has 0 spiro atoms. The minimum Gasteiger partial charge on any atom is -0.478 e. The van der Waals surface area contributed by atoms with Gasteiger partial charge in [0.05, 0.1) is 5.56 Å². The number of aromatic carboxylic acids is 1. The van der Waals surface area contributed by atoms with Gasteiger partial charge >= 0.3 is 5.97 Å². The molecule has 0 atom stereocenters. The summed E-state index contributed by atoms with van der Waals surface area (Å²) < 4.78 is 0. The lowest BCUT2D eigenvalue weighted by Crippen LogP contribution is -1.99. The van der Waals surface area contributed by atoms with E-state index in [1.165, 1.54) is 6.07 Å². The average molecular weight is 150 g/mol. The number of nitrogens with two attached hydrogens (primary N) is 1. The van der Waals surface area contributed by atoms with Gasteiger partial charge in [0, 0.05) is 6.54 Å². The molecule has 3 heteroatoms. The lowest BCUT2D eigenvalue weighted by atomic mass is 10.1. The van der Waals surface area contributed by atoms with Gasteiger partial charge in [0.2, 0.25) is 0 Å². The molecule has 1 aromatic rings. The highest BCUT2D eigenvalue weighted by atomic mass is 16.4. The van der Waals surface area contributed by atoms with Crippen molar-refractivity contribution in [3.63, 3.8) is 0 Å². The SMILES string of the molecule is NCc1c[c]c(C(=O)O)cc1. The third-order valence-corrected chi connectivity index (χ3v) is 1.34. The van der Waals surface area contributed by atoms with Crippen molar-refractivity contribution in [1.29, 1.82) is 0 Å². The molecule has 11 heavy (non-hydrogen) atoms. The van der Waals surface area contributed by atoms with Crippen LogP contribution >= 0.6 is 0 Å². The minimum atomic E-state index is -0.964. The molecule has 0 heterocycles. The monoisotopic (exact) mass is 150 g/mol. The van der Waals surface area contributed by atoms with E-state index >= 15 is 0 Å². The summed E-state index contributed by atoms with van der Waals surface area (Å²) in [5.41, 5.74) is 6.36. The molecule has 3 nitrogen and oxygen atoms in total. The van der Waals surface area contributed by atoms with E-state index in [9.17, 15) is 4.79 Å². The molecule has 57 valence electrons. The van der Waals surface area contributed by atoms with Crippen LogP contribution in [0.1, 0.15) is 15.9 Å². The fraction of sp³-hybridized carbons (Fsp3) is 0.125. The normalized spacial score (nSPS) is 9.55. The summed E-state index contributed by atoms with van der Waals surface area (Å²) in [5, 5.41) is 8.49. The predicted molar refractivity (Wildman–Crippen MR) is 40.1 cm³/mol. The predicted octanol–water partition coefficient (Wildman–Crippen LogP) is 0.644. The zero-order chi connectivity index (χ0) is 8.27. The maximum Gasteiger partial charge on any atom is 0.336 e. The minimum absolute atomic E-state index is 0.169. The number of carboxylic acids is 1.